The Bertz CT molecular complexity index is 820. The van der Waals surface area contributed by atoms with E-state index in [1.165, 1.54) is 0 Å². The van der Waals surface area contributed by atoms with Gasteiger partial charge in [-0.05, 0) is 41.3 Å². The smallest absolute Gasteiger partial charge is 0.323 e. The maximum atomic E-state index is 12.3. The van der Waals surface area contributed by atoms with Crippen molar-refractivity contribution in [2.45, 2.75) is 39.2 Å². The van der Waals surface area contributed by atoms with E-state index in [1.807, 2.05) is 50.2 Å². The van der Waals surface area contributed by atoms with Gasteiger partial charge in [-0.25, -0.2) is 0 Å². The molecule has 6 nitrogen and oxygen atoms in total. The average Bonchev–Trinajstić information content (AvgIpc) is 2.73. The SMILES string of the molecule is CCC(C)[C@H](N)C(=O)OCCOC(=O)C(C)c1ccc2cc(OC)ccc2c1. The van der Waals surface area contributed by atoms with Crippen LogP contribution in [-0.4, -0.2) is 38.3 Å². The first-order valence-corrected chi connectivity index (χ1v) is 9.54. The third-order valence-corrected chi connectivity index (χ3v) is 5.03. The van der Waals surface area contributed by atoms with Crippen molar-refractivity contribution in [2.24, 2.45) is 11.7 Å². The van der Waals surface area contributed by atoms with Crippen LogP contribution in [0.25, 0.3) is 10.8 Å². The van der Waals surface area contributed by atoms with Gasteiger partial charge in [-0.2, -0.15) is 0 Å². The van der Waals surface area contributed by atoms with Crippen molar-refractivity contribution in [3.8, 4) is 5.75 Å². The molecule has 0 heterocycles. The lowest BCUT2D eigenvalue weighted by atomic mass is 9.98. The molecule has 0 radical (unpaired) electrons. The van der Waals surface area contributed by atoms with Crippen LogP contribution in [0.1, 0.15) is 38.7 Å². The Kier molecular flexibility index (Phi) is 7.81. The molecule has 0 amide bonds. The maximum absolute atomic E-state index is 12.3. The number of methoxy groups -OCH3 is 1. The van der Waals surface area contributed by atoms with Gasteiger partial charge in [0, 0.05) is 0 Å². The van der Waals surface area contributed by atoms with Crippen LogP contribution in [0.5, 0.6) is 5.75 Å². The number of ether oxygens (including phenoxy) is 3. The lowest BCUT2D eigenvalue weighted by molar-refractivity contribution is -0.154. The van der Waals surface area contributed by atoms with Gasteiger partial charge in [0.25, 0.3) is 0 Å². The van der Waals surface area contributed by atoms with Crippen molar-refractivity contribution in [1.29, 1.82) is 0 Å². The van der Waals surface area contributed by atoms with Crippen molar-refractivity contribution in [3.05, 3.63) is 42.0 Å². The molecule has 0 bridgehead atoms. The van der Waals surface area contributed by atoms with Crippen molar-refractivity contribution >= 4 is 22.7 Å². The third kappa shape index (κ3) is 5.45. The maximum Gasteiger partial charge on any atom is 0.323 e. The van der Waals surface area contributed by atoms with Gasteiger partial charge in [-0.1, -0.05) is 44.5 Å². The molecule has 0 aliphatic heterocycles. The number of rotatable bonds is 9. The van der Waals surface area contributed by atoms with Crippen molar-refractivity contribution in [1.82, 2.24) is 0 Å². The second-order valence-corrected chi connectivity index (χ2v) is 6.94. The van der Waals surface area contributed by atoms with E-state index in [9.17, 15) is 9.59 Å². The van der Waals surface area contributed by atoms with E-state index in [0.29, 0.717) is 0 Å². The molecule has 2 aromatic carbocycles. The van der Waals surface area contributed by atoms with Gasteiger partial charge in [0.05, 0.1) is 13.0 Å². The molecule has 0 saturated carbocycles. The number of hydrogen-bond acceptors (Lipinski definition) is 6. The molecule has 0 aliphatic rings. The first-order valence-electron chi connectivity index (χ1n) is 9.54. The van der Waals surface area contributed by atoms with Crippen LogP contribution in [0.15, 0.2) is 36.4 Å². The molecule has 6 heteroatoms. The summed E-state index contributed by atoms with van der Waals surface area (Å²) in [7, 11) is 1.63. The van der Waals surface area contributed by atoms with E-state index in [1.54, 1.807) is 14.0 Å². The van der Waals surface area contributed by atoms with E-state index >= 15 is 0 Å². The number of carbonyl (C=O) groups excluding carboxylic acids is 2. The van der Waals surface area contributed by atoms with E-state index in [-0.39, 0.29) is 25.1 Å². The fraction of sp³-hybridized carbons (Fsp3) is 0.455. The molecule has 2 N–H and O–H groups in total. The fourth-order valence-corrected chi connectivity index (χ4v) is 2.77. The zero-order chi connectivity index (χ0) is 20.7. The molecular weight excluding hydrogens is 358 g/mol. The van der Waals surface area contributed by atoms with Crippen LogP contribution in [0.3, 0.4) is 0 Å². The average molecular weight is 387 g/mol. The summed E-state index contributed by atoms with van der Waals surface area (Å²) < 4.78 is 15.6. The molecule has 0 spiro atoms. The highest BCUT2D eigenvalue weighted by atomic mass is 16.6. The molecule has 0 aromatic heterocycles. The number of hydrogen-bond donors (Lipinski definition) is 1. The van der Waals surface area contributed by atoms with E-state index in [0.717, 1.165) is 28.5 Å². The Morgan fingerprint density at radius 3 is 2.21 bits per heavy atom. The predicted octanol–water partition coefficient (Wildman–Crippen LogP) is 3.41. The first-order chi connectivity index (χ1) is 13.4. The molecule has 28 heavy (non-hydrogen) atoms. The van der Waals surface area contributed by atoms with Gasteiger partial charge >= 0.3 is 11.9 Å². The molecule has 2 aromatic rings. The van der Waals surface area contributed by atoms with Gasteiger partial charge in [0.15, 0.2) is 0 Å². The third-order valence-electron chi connectivity index (χ3n) is 5.03. The van der Waals surface area contributed by atoms with Crippen molar-refractivity contribution in [3.63, 3.8) is 0 Å². The Morgan fingerprint density at radius 2 is 1.57 bits per heavy atom. The van der Waals surface area contributed by atoms with Crippen molar-refractivity contribution in [2.75, 3.05) is 20.3 Å². The van der Waals surface area contributed by atoms with Gasteiger partial charge in [0.1, 0.15) is 25.0 Å². The molecule has 3 atom stereocenters. The monoisotopic (exact) mass is 387 g/mol. The Labute approximate surface area is 165 Å². The largest absolute Gasteiger partial charge is 0.497 e. The molecular formula is C22H29NO5. The van der Waals surface area contributed by atoms with Crippen LogP contribution in [0.4, 0.5) is 0 Å². The van der Waals surface area contributed by atoms with Crippen LogP contribution in [0, 0.1) is 5.92 Å². The number of esters is 2. The van der Waals surface area contributed by atoms with Gasteiger partial charge < -0.3 is 19.9 Å². The second-order valence-electron chi connectivity index (χ2n) is 6.94. The standard InChI is InChI=1S/C22H29NO5/c1-5-14(2)20(23)22(25)28-11-10-27-21(24)15(3)16-6-7-18-13-19(26-4)9-8-17(18)12-16/h6-9,12-15,20H,5,10-11,23H2,1-4H3/t14?,15?,20-/m0/s1. The van der Waals surface area contributed by atoms with Crippen molar-refractivity contribution < 1.29 is 23.8 Å². The summed E-state index contributed by atoms with van der Waals surface area (Å²) in [6.45, 7) is 5.65. The van der Waals surface area contributed by atoms with Crippen LogP contribution in [0.2, 0.25) is 0 Å². The molecule has 2 rings (SSSR count). The minimum Gasteiger partial charge on any atom is -0.497 e. The highest BCUT2D eigenvalue weighted by molar-refractivity contribution is 5.86. The lowest BCUT2D eigenvalue weighted by Gasteiger charge is -2.17. The molecule has 0 fully saturated rings. The Hall–Kier alpha value is -2.60. The highest BCUT2D eigenvalue weighted by Crippen LogP contribution is 2.25. The van der Waals surface area contributed by atoms with Crippen LogP contribution >= 0.6 is 0 Å². The Morgan fingerprint density at radius 1 is 0.964 bits per heavy atom. The number of fused-ring (bicyclic) bond motifs is 1. The molecule has 0 aliphatic carbocycles. The minimum atomic E-state index is -0.657. The summed E-state index contributed by atoms with van der Waals surface area (Å²) in [6, 6.07) is 10.9. The van der Waals surface area contributed by atoms with Gasteiger partial charge in [-0.3, -0.25) is 9.59 Å². The fourth-order valence-electron chi connectivity index (χ4n) is 2.77. The van der Waals surface area contributed by atoms with Gasteiger partial charge in [0.2, 0.25) is 0 Å². The second kappa shape index (κ2) is 10.1. The summed E-state index contributed by atoms with van der Waals surface area (Å²) in [5.74, 6) is -0.429. The van der Waals surface area contributed by atoms with Crippen LogP contribution < -0.4 is 10.5 Å². The summed E-state index contributed by atoms with van der Waals surface area (Å²) >= 11 is 0. The number of benzene rings is 2. The minimum absolute atomic E-state index is 0.00105. The summed E-state index contributed by atoms with van der Waals surface area (Å²) in [6.07, 6.45) is 0.793. The van der Waals surface area contributed by atoms with Gasteiger partial charge in [-0.15, -0.1) is 0 Å². The Balaban J connectivity index is 1.87. The van der Waals surface area contributed by atoms with Crippen LogP contribution in [-0.2, 0) is 19.1 Å². The predicted molar refractivity (Wildman–Crippen MR) is 108 cm³/mol. The van der Waals surface area contributed by atoms with E-state index in [4.69, 9.17) is 19.9 Å². The summed E-state index contributed by atoms with van der Waals surface area (Å²) in [4.78, 5) is 24.1. The zero-order valence-corrected chi connectivity index (χ0v) is 16.9. The lowest BCUT2D eigenvalue weighted by Crippen LogP contribution is -2.38. The molecule has 2 unspecified atom stereocenters. The highest BCUT2D eigenvalue weighted by Gasteiger charge is 2.21. The number of carbonyl (C=O) groups is 2. The van der Waals surface area contributed by atoms with E-state index < -0.39 is 17.9 Å². The molecule has 0 saturated heterocycles. The number of nitrogens with two attached hydrogens (primary N) is 1. The summed E-state index contributed by atoms with van der Waals surface area (Å²) in [5, 5.41) is 2.05. The summed E-state index contributed by atoms with van der Waals surface area (Å²) in [5.41, 5.74) is 6.67. The first kappa shape index (κ1) is 21.7. The quantitative estimate of drug-likeness (QED) is 0.524. The molecule has 152 valence electrons. The topological polar surface area (TPSA) is 87.9 Å². The normalized spacial score (nSPS) is 14.2. The zero-order valence-electron chi connectivity index (χ0n) is 16.9. The van der Waals surface area contributed by atoms with E-state index in [2.05, 4.69) is 0 Å².